The molecule has 0 unspecified atom stereocenters. The van der Waals surface area contributed by atoms with Crippen LogP contribution in [-0.2, 0) is 14.3 Å². The van der Waals surface area contributed by atoms with Gasteiger partial charge in [0.25, 0.3) is 0 Å². The van der Waals surface area contributed by atoms with Gasteiger partial charge in [-0.15, -0.1) is 0 Å². The van der Waals surface area contributed by atoms with Crippen molar-refractivity contribution in [3.05, 3.63) is 58.7 Å². The summed E-state index contributed by atoms with van der Waals surface area (Å²) >= 11 is 0. The summed E-state index contributed by atoms with van der Waals surface area (Å²) in [7, 11) is 0. The molecule has 1 aliphatic rings. The molecule has 4 nitrogen and oxygen atoms in total. The Morgan fingerprint density at radius 3 is 1.89 bits per heavy atom. The van der Waals surface area contributed by atoms with Crippen molar-refractivity contribution in [2.75, 3.05) is 13.2 Å². The number of carbonyl (C=O) groups excluding carboxylic acids is 2. The molecule has 0 saturated carbocycles. The first-order valence-corrected chi connectivity index (χ1v) is 8.55. The highest BCUT2D eigenvalue weighted by molar-refractivity contribution is 5.89. The van der Waals surface area contributed by atoms with Crippen LogP contribution in [0.15, 0.2) is 47.6 Å². The Morgan fingerprint density at radius 2 is 1.39 bits per heavy atom. The third-order valence-electron chi connectivity index (χ3n) is 4.21. The van der Waals surface area contributed by atoms with Gasteiger partial charge in [-0.2, -0.15) is 17.6 Å². The Hall–Kier alpha value is -2.64. The van der Waals surface area contributed by atoms with Crippen molar-refractivity contribution in [1.29, 1.82) is 0 Å². The summed E-state index contributed by atoms with van der Waals surface area (Å²) in [6, 6.07) is 5.78. The molecule has 0 heterocycles. The standard InChI is InChI=1S/C20H20F4O4/c1-13-3-7-15(8-4-13)17(25)27-11-19(21,22)20(23,24)12-28-18(26)16-9-5-14(2)6-10-16/h3-5,7-9H,6,10-12H2,1-2H3. The van der Waals surface area contributed by atoms with Crippen molar-refractivity contribution < 1.29 is 36.6 Å². The van der Waals surface area contributed by atoms with Gasteiger partial charge in [0.05, 0.1) is 5.56 Å². The van der Waals surface area contributed by atoms with Gasteiger partial charge in [0, 0.05) is 5.57 Å². The van der Waals surface area contributed by atoms with E-state index >= 15 is 0 Å². The van der Waals surface area contributed by atoms with E-state index in [1.807, 2.05) is 6.92 Å². The highest BCUT2D eigenvalue weighted by Crippen LogP contribution is 2.35. The molecule has 0 amide bonds. The molecule has 1 aromatic carbocycles. The highest BCUT2D eigenvalue weighted by atomic mass is 19.3. The van der Waals surface area contributed by atoms with Gasteiger partial charge in [0.15, 0.2) is 13.2 Å². The average Bonchev–Trinajstić information content (AvgIpc) is 2.65. The molecule has 2 rings (SSSR count). The molecule has 8 heteroatoms. The van der Waals surface area contributed by atoms with Crippen LogP contribution >= 0.6 is 0 Å². The van der Waals surface area contributed by atoms with Crippen LogP contribution in [-0.4, -0.2) is 37.0 Å². The summed E-state index contributed by atoms with van der Waals surface area (Å²) in [6.07, 6.45) is 3.90. The number of allylic oxidation sites excluding steroid dienone is 3. The topological polar surface area (TPSA) is 52.6 Å². The minimum Gasteiger partial charge on any atom is -0.456 e. The Kier molecular flexibility index (Phi) is 6.64. The largest absolute Gasteiger partial charge is 0.456 e. The molecule has 0 radical (unpaired) electrons. The van der Waals surface area contributed by atoms with E-state index in [0.29, 0.717) is 6.42 Å². The predicted octanol–water partition coefficient (Wildman–Crippen LogP) is 4.63. The lowest BCUT2D eigenvalue weighted by atomic mass is 10.00. The summed E-state index contributed by atoms with van der Waals surface area (Å²) in [5.41, 5.74) is 1.93. The third kappa shape index (κ3) is 5.43. The summed E-state index contributed by atoms with van der Waals surface area (Å²) in [5, 5.41) is 0. The Bertz CT molecular complexity index is 795. The second-order valence-corrected chi connectivity index (χ2v) is 6.63. The van der Waals surface area contributed by atoms with E-state index in [0.717, 1.165) is 11.1 Å². The lowest BCUT2D eigenvalue weighted by Gasteiger charge is -2.26. The fourth-order valence-corrected chi connectivity index (χ4v) is 2.30. The van der Waals surface area contributed by atoms with Crippen molar-refractivity contribution in [3.8, 4) is 0 Å². The van der Waals surface area contributed by atoms with Crippen molar-refractivity contribution in [2.45, 2.75) is 38.5 Å². The molecule has 0 aliphatic heterocycles. The number of aryl methyl sites for hydroxylation is 1. The van der Waals surface area contributed by atoms with E-state index in [9.17, 15) is 27.2 Å². The van der Waals surface area contributed by atoms with Gasteiger partial charge in [-0.05, 0) is 38.8 Å². The van der Waals surface area contributed by atoms with E-state index in [1.165, 1.54) is 18.2 Å². The lowest BCUT2D eigenvalue weighted by molar-refractivity contribution is -0.243. The maximum Gasteiger partial charge on any atom is 0.346 e. The van der Waals surface area contributed by atoms with E-state index < -0.39 is 37.0 Å². The predicted molar refractivity (Wildman–Crippen MR) is 93.4 cm³/mol. The Morgan fingerprint density at radius 1 is 0.857 bits per heavy atom. The SMILES string of the molecule is CC1=CC=C(C(=O)OCC(F)(F)C(F)(F)COC(=O)c2ccc(C)cc2)CC1. The first-order valence-electron chi connectivity index (χ1n) is 8.55. The van der Waals surface area contributed by atoms with Gasteiger partial charge < -0.3 is 9.47 Å². The smallest absolute Gasteiger partial charge is 0.346 e. The molecule has 0 atom stereocenters. The first-order chi connectivity index (χ1) is 13.0. The van der Waals surface area contributed by atoms with Gasteiger partial charge in [-0.3, -0.25) is 0 Å². The van der Waals surface area contributed by atoms with Crippen LogP contribution in [0.3, 0.4) is 0 Å². The van der Waals surface area contributed by atoms with Crippen molar-refractivity contribution in [3.63, 3.8) is 0 Å². The molecule has 28 heavy (non-hydrogen) atoms. The van der Waals surface area contributed by atoms with Gasteiger partial charge in [-0.25, -0.2) is 9.59 Å². The molecule has 0 N–H and O–H groups in total. The second-order valence-electron chi connectivity index (χ2n) is 6.63. The minimum atomic E-state index is -4.70. The molecule has 0 saturated heterocycles. The zero-order valence-electron chi connectivity index (χ0n) is 15.4. The summed E-state index contributed by atoms with van der Waals surface area (Å²) < 4.78 is 64.1. The van der Waals surface area contributed by atoms with Gasteiger partial charge in [0.2, 0.25) is 0 Å². The maximum atomic E-state index is 13.8. The normalized spacial score (nSPS) is 14.8. The summed E-state index contributed by atoms with van der Waals surface area (Å²) in [4.78, 5) is 23.5. The van der Waals surface area contributed by atoms with Crippen LogP contribution in [0.4, 0.5) is 17.6 Å². The van der Waals surface area contributed by atoms with Gasteiger partial charge >= 0.3 is 23.8 Å². The third-order valence-corrected chi connectivity index (χ3v) is 4.21. The highest BCUT2D eigenvalue weighted by Gasteiger charge is 2.58. The fourth-order valence-electron chi connectivity index (χ4n) is 2.30. The second kappa shape index (κ2) is 8.58. The number of halogens is 4. The van der Waals surface area contributed by atoms with Crippen LogP contribution in [0.25, 0.3) is 0 Å². The number of hydrogen-bond acceptors (Lipinski definition) is 4. The van der Waals surface area contributed by atoms with Crippen LogP contribution in [0, 0.1) is 6.92 Å². The Balaban J connectivity index is 1.92. The molecule has 1 aromatic rings. The maximum absolute atomic E-state index is 13.8. The molecule has 152 valence electrons. The van der Waals surface area contributed by atoms with Gasteiger partial charge in [0.1, 0.15) is 0 Å². The number of esters is 2. The Labute approximate surface area is 159 Å². The number of ether oxygens (including phenoxy) is 2. The van der Waals surface area contributed by atoms with Crippen LogP contribution in [0.1, 0.15) is 35.7 Å². The minimum absolute atomic E-state index is 0.0382. The number of hydrogen-bond donors (Lipinski definition) is 0. The fraction of sp³-hybridized carbons (Fsp3) is 0.400. The van der Waals surface area contributed by atoms with Crippen LogP contribution < -0.4 is 0 Å². The molecular formula is C20H20F4O4. The number of alkyl halides is 4. The zero-order valence-corrected chi connectivity index (χ0v) is 15.4. The molecule has 0 fully saturated rings. The van der Waals surface area contributed by atoms with Gasteiger partial charge in [-0.1, -0.05) is 35.4 Å². The molecule has 0 bridgehead atoms. The summed E-state index contributed by atoms with van der Waals surface area (Å²) in [6.45, 7) is -0.0625. The van der Waals surface area contributed by atoms with Crippen molar-refractivity contribution in [1.82, 2.24) is 0 Å². The number of benzene rings is 1. The van der Waals surface area contributed by atoms with Crippen molar-refractivity contribution in [2.24, 2.45) is 0 Å². The average molecular weight is 400 g/mol. The zero-order chi connectivity index (χ0) is 20.9. The summed E-state index contributed by atoms with van der Waals surface area (Å²) in [5.74, 6) is -11.6. The molecule has 0 spiro atoms. The van der Waals surface area contributed by atoms with E-state index in [4.69, 9.17) is 0 Å². The quantitative estimate of drug-likeness (QED) is 0.495. The molecule has 0 aromatic heterocycles. The van der Waals surface area contributed by atoms with E-state index in [1.54, 1.807) is 25.1 Å². The van der Waals surface area contributed by atoms with E-state index in [-0.39, 0.29) is 17.6 Å². The van der Waals surface area contributed by atoms with Crippen LogP contribution in [0.2, 0.25) is 0 Å². The van der Waals surface area contributed by atoms with Crippen molar-refractivity contribution >= 4 is 11.9 Å². The number of carbonyl (C=O) groups is 2. The lowest BCUT2D eigenvalue weighted by Crippen LogP contribution is -2.48. The number of rotatable bonds is 7. The molecule has 1 aliphatic carbocycles. The molecular weight excluding hydrogens is 380 g/mol. The monoisotopic (exact) mass is 400 g/mol. The van der Waals surface area contributed by atoms with Crippen LogP contribution in [0.5, 0.6) is 0 Å². The first kappa shape index (κ1) is 21.7. The van der Waals surface area contributed by atoms with E-state index in [2.05, 4.69) is 9.47 Å².